The van der Waals surface area contributed by atoms with E-state index < -0.39 is 0 Å². The van der Waals surface area contributed by atoms with E-state index in [4.69, 9.17) is 4.74 Å². The van der Waals surface area contributed by atoms with Crippen molar-refractivity contribution in [1.29, 1.82) is 0 Å². The standard InChI is InChI=1S/C21H19N3O2/c1-26-21-6-5-15(18-10-16-7-8-22-13-20(16)24-18)11-19(21)23-12-14-3-2-4-17(25)9-14/h2-11,13,23-25H,12H2,1H3. The molecule has 0 spiro atoms. The Labute approximate surface area is 151 Å². The molecule has 0 radical (unpaired) electrons. The van der Waals surface area contributed by atoms with Gasteiger partial charge in [0.1, 0.15) is 11.5 Å². The summed E-state index contributed by atoms with van der Waals surface area (Å²) in [4.78, 5) is 7.54. The molecule has 0 bridgehead atoms. The van der Waals surface area contributed by atoms with Gasteiger partial charge >= 0.3 is 0 Å². The van der Waals surface area contributed by atoms with Crippen LogP contribution in [0.1, 0.15) is 5.56 Å². The molecule has 26 heavy (non-hydrogen) atoms. The molecule has 2 aromatic heterocycles. The minimum atomic E-state index is 0.261. The van der Waals surface area contributed by atoms with Gasteiger partial charge in [0, 0.05) is 29.4 Å². The number of phenols is 1. The van der Waals surface area contributed by atoms with Crippen LogP contribution in [0.4, 0.5) is 5.69 Å². The number of anilines is 1. The molecular formula is C21H19N3O2. The molecule has 0 saturated carbocycles. The molecule has 0 aliphatic rings. The number of fused-ring (bicyclic) bond motifs is 1. The summed E-state index contributed by atoms with van der Waals surface area (Å²) in [6.45, 7) is 0.588. The molecule has 0 unspecified atom stereocenters. The summed E-state index contributed by atoms with van der Waals surface area (Å²) in [6, 6.07) is 17.3. The summed E-state index contributed by atoms with van der Waals surface area (Å²) < 4.78 is 5.48. The van der Waals surface area contributed by atoms with E-state index in [2.05, 4.69) is 27.4 Å². The fourth-order valence-electron chi connectivity index (χ4n) is 3.01. The SMILES string of the molecule is COc1ccc(-c2cc3ccncc3[nH]2)cc1NCc1cccc(O)c1. The Hall–Kier alpha value is -3.47. The first-order valence-corrected chi connectivity index (χ1v) is 8.36. The van der Waals surface area contributed by atoms with Gasteiger partial charge in [-0.1, -0.05) is 12.1 Å². The number of rotatable bonds is 5. The van der Waals surface area contributed by atoms with Crippen LogP contribution in [-0.4, -0.2) is 22.2 Å². The molecule has 0 aliphatic heterocycles. The summed E-state index contributed by atoms with van der Waals surface area (Å²) in [5.74, 6) is 1.03. The Kier molecular flexibility index (Phi) is 4.19. The molecule has 5 nitrogen and oxygen atoms in total. The first kappa shape index (κ1) is 16.0. The first-order chi connectivity index (χ1) is 12.7. The van der Waals surface area contributed by atoms with Crippen LogP contribution >= 0.6 is 0 Å². The van der Waals surface area contributed by atoms with Crippen molar-refractivity contribution in [2.45, 2.75) is 6.54 Å². The molecule has 4 aromatic rings. The highest BCUT2D eigenvalue weighted by atomic mass is 16.5. The third-order valence-electron chi connectivity index (χ3n) is 4.33. The summed E-state index contributed by atoms with van der Waals surface area (Å²) in [5.41, 5.74) is 4.98. The van der Waals surface area contributed by atoms with Gasteiger partial charge in [-0.25, -0.2) is 0 Å². The minimum absolute atomic E-state index is 0.261. The first-order valence-electron chi connectivity index (χ1n) is 8.36. The lowest BCUT2D eigenvalue weighted by Gasteiger charge is -2.13. The van der Waals surface area contributed by atoms with Gasteiger partial charge in [-0.15, -0.1) is 0 Å². The van der Waals surface area contributed by atoms with Crippen LogP contribution in [-0.2, 0) is 6.54 Å². The van der Waals surface area contributed by atoms with Crippen molar-refractivity contribution < 1.29 is 9.84 Å². The van der Waals surface area contributed by atoms with Crippen LogP contribution in [0.5, 0.6) is 11.5 Å². The Bertz CT molecular complexity index is 1020. The topological polar surface area (TPSA) is 70.2 Å². The highest BCUT2D eigenvalue weighted by Crippen LogP contribution is 2.32. The second-order valence-electron chi connectivity index (χ2n) is 6.08. The number of phenolic OH excluding ortho intramolecular Hbond substituents is 1. The second kappa shape index (κ2) is 6.80. The number of methoxy groups -OCH3 is 1. The molecule has 0 atom stereocenters. The second-order valence-corrected chi connectivity index (χ2v) is 6.08. The van der Waals surface area contributed by atoms with Gasteiger partial charge in [-0.2, -0.15) is 0 Å². The number of benzene rings is 2. The third kappa shape index (κ3) is 3.19. The number of pyridine rings is 1. The molecule has 2 aromatic carbocycles. The Morgan fingerprint density at radius 2 is 2.04 bits per heavy atom. The average Bonchev–Trinajstić information content (AvgIpc) is 3.10. The maximum atomic E-state index is 9.61. The van der Waals surface area contributed by atoms with Crippen LogP contribution in [0.3, 0.4) is 0 Å². The maximum absolute atomic E-state index is 9.61. The fourth-order valence-corrected chi connectivity index (χ4v) is 3.01. The highest BCUT2D eigenvalue weighted by molar-refractivity contribution is 5.86. The number of aromatic nitrogens is 2. The van der Waals surface area contributed by atoms with Crippen LogP contribution in [0.15, 0.2) is 67.0 Å². The third-order valence-corrected chi connectivity index (χ3v) is 4.33. The summed E-state index contributed by atoms with van der Waals surface area (Å²) >= 11 is 0. The van der Waals surface area contributed by atoms with E-state index in [0.29, 0.717) is 6.54 Å². The van der Waals surface area contributed by atoms with Gasteiger partial charge < -0.3 is 20.1 Å². The summed E-state index contributed by atoms with van der Waals surface area (Å²) in [5, 5.41) is 14.1. The van der Waals surface area contributed by atoms with E-state index in [1.165, 1.54) is 0 Å². The van der Waals surface area contributed by atoms with Gasteiger partial charge in [0.15, 0.2) is 0 Å². The molecule has 3 N–H and O–H groups in total. The van der Waals surface area contributed by atoms with Gasteiger partial charge in [-0.3, -0.25) is 4.98 Å². The van der Waals surface area contributed by atoms with Gasteiger partial charge in [0.2, 0.25) is 0 Å². The van der Waals surface area contributed by atoms with Crippen molar-refractivity contribution in [3.8, 4) is 22.8 Å². The van der Waals surface area contributed by atoms with E-state index >= 15 is 0 Å². The van der Waals surface area contributed by atoms with Crippen molar-refractivity contribution >= 4 is 16.6 Å². The lowest BCUT2D eigenvalue weighted by atomic mass is 10.1. The van der Waals surface area contributed by atoms with E-state index in [-0.39, 0.29) is 5.75 Å². The molecule has 130 valence electrons. The smallest absolute Gasteiger partial charge is 0.142 e. The van der Waals surface area contributed by atoms with E-state index in [1.807, 2.05) is 36.5 Å². The zero-order valence-electron chi connectivity index (χ0n) is 14.4. The van der Waals surface area contributed by atoms with Crippen molar-refractivity contribution in [2.75, 3.05) is 12.4 Å². The van der Waals surface area contributed by atoms with Crippen LogP contribution < -0.4 is 10.1 Å². The van der Waals surface area contributed by atoms with Crippen LogP contribution in [0.25, 0.3) is 22.2 Å². The number of H-pyrrole nitrogens is 1. The number of ether oxygens (including phenoxy) is 1. The number of hydrogen-bond acceptors (Lipinski definition) is 4. The van der Waals surface area contributed by atoms with E-state index in [0.717, 1.165) is 39.2 Å². The molecule has 0 saturated heterocycles. The molecule has 0 fully saturated rings. The predicted octanol–water partition coefficient (Wildman–Crippen LogP) is 4.56. The van der Waals surface area contributed by atoms with Crippen molar-refractivity contribution in [1.82, 2.24) is 9.97 Å². The fraction of sp³-hybridized carbons (Fsp3) is 0.0952. The predicted molar refractivity (Wildman–Crippen MR) is 104 cm³/mol. The molecule has 0 aliphatic carbocycles. The summed E-state index contributed by atoms with van der Waals surface area (Å²) in [7, 11) is 1.66. The lowest BCUT2D eigenvalue weighted by Crippen LogP contribution is -2.01. The zero-order valence-corrected chi connectivity index (χ0v) is 14.4. The Balaban J connectivity index is 1.64. The van der Waals surface area contributed by atoms with E-state index in [1.54, 1.807) is 25.4 Å². The van der Waals surface area contributed by atoms with E-state index in [9.17, 15) is 5.11 Å². The molecule has 2 heterocycles. The quantitative estimate of drug-likeness (QED) is 0.496. The monoisotopic (exact) mass is 345 g/mol. The van der Waals surface area contributed by atoms with Crippen molar-refractivity contribution in [2.24, 2.45) is 0 Å². The van der Waals surface area contributed by atoms with Gasteiger partial charge in [0.05, 0.1) is 24.5 Å². The van der Waals surface area contributed by atoms with Crippen molar-refractivity contribution in [3.05, 3.63) is 72.6 Å². The maximum Gasteiger partial charge on any atom is 0.142 e. The average molecular weight is 345 g/mol. The molecular weight excluding hydrogens is 326 g/mol. The Morgan fingerprint density at radius 3 is 2.85 bits per heavy atom. The molecule has 4 rings (SSSR count). The number of aromatic hydroxyl groups is 1. The number of aromatic amines is 1. The van der Waals surface area contributed by atoms with Crippen LogP contribution in [0.2, 0.25) is 0 Å². The van der Waals surface area contributed by atoms with Gasteiger partial charge in [-0.05, 0) is 48.0 Å². The van der Waals surface area contributed by atoms with Gasteiger partial charge in [0.25, 0.3) is 0 Å². The van der Waals surface area contributed by atoms with Crippen LogP contribution in [0, 0.1) is 0 Å². The molecule has 5 heteroatoms. The number of hydrogen-bond donors (Lipinski definition) is 3. The zero-order chi connectivity index (χ0) is 17.9. The van der Waals surface area contributed by atoms with Crippen molar-refractivity contribution in [3.63, 3.8) is 0 Å². The minimum Gasteiger partial charge on any atom is -0.508 e. The number of nitrogens with one attached hydrogen (secondary N) is 2. The Morgan fingerprint density at radius 1 is 1.12 bits per heavy atom. The highest BCUT2D eigenvalue weighted by Gasteiger charge is 2.08. The largest absolute Gasteiger partial charge is 0.508 e. The number of nitrogens with zero attached hydrogens (tertiary/aromatic N) is 1. The summed E-state index contributed by atoms with van der Waals surface area (Å²) in [6.07, 6.45) is 3.61. The molecule has 0 amide bonds. The normalized spacial score (nSPS) is 10.8. The lowest BCUT2D eigenvalue weighted by molar-refractivity contribution is 0.416.